The summed E-state index contributed by atoms with van der Waals surface area (Å²) in [6, 6.07) is 8.10. The number of aromatic nitrogens is 1. The summed E-state index contributed by atoms with van der Waals surface area (Å²) in [5.74, 6) is 1.06. The Morgan fingerprint density at radius 1 is 1.20 bits per heavy atom. The summed E-state index contributed by atoms with van der Waals surface area (Å²) >= 11 is 5.65. The summed E-state index contributed by atoms with van der Waals surface area (Å²) in [5, 5.41) is 3.97. The van der Waals surface area contributed by atoms with Crippen LogP contribution in [0.4, 0.5) is 0 Å². The smallest absolute Gasteiger partial charge is 0.152 e. The second kappa shape index (κ2) is 4.07. The summed E-state index contributed by atoms with van der Waals surface area (Å²) < 4.78 is 5.06. The van der Waals surface area contributed by atoms with E-state index in [4.69, 9.17) is 16.1 Å². The molecule has 15 heavy (non-hydrogen) atoms. The molecule has 0 atom stereocenters. The summed E-state index contributed by atoms with van der Waals surface area (Å²) in [5.41, 5.74) is 4.44. The molecule has 0 saturated carbocycles. The molecule has 0 aliphatic carbocycles. The minimum Gasteiger partial charge on any atom is -0.359 e. The Bertz CT molecular complexity index is 476. The van der Waals surface area contributed by atoms with E-state index >= 15 is 0 Å². The van der Waals surface area contributed by atoms with Crippen LogP contribution in [0.25, 0.3) is 11.3 Å². The normalized spacial score (nSPS) is 10.6. The Labute approximate surface area is 93.9 Å². The van der Waals surface area contributed by atoms with Crippen molar-refractivity contribution in [3.05, 3.63) is 41.2 Å². The quantitative estimate of drug-likeness (QED) is 0.723. The second-order valence-corrected chi connectivity index (χ2v) is 3.88. The Morgan fingerprint density at radius 2 is 2.00 bits per heavy atom. The zero-order valence-corrected chi connectivity index (χ0v) is 9.51. The van der Waals surface area contributed by atoms with E-state index in [0.29, 0.717) is 11.6 Å². The average Bonchev–Trinajstić information content (AvgIpc) is 2.70. The number of nitrogens with zero attached hydrogens (tertiary/aromatic N) is 1. The SMILES string of the molecule is Cc1ccc(-c2cc(CCl)on2)cc1C. The van der Waals surface area contributed by atoms with Gasteiger partial charge in [-0.3, -0.25) is 0 Å². The molecule has 3 heteroatoms. The maximum absolute atomic E-state index is 5.65. The van der Waals surface area contributed by atoms with E-state index in [1.54, 1.807) is 0 Å². The van der Waals surface area contributed by atoms with Crippen molar-refractivity contribution in [1.29, 1.82) is 0 Å². The van der Waals surface area contributed by atoms with Crippen molar-refractivity contribution in [3.8, 4) is 11.3 Å². The van der Waals surface area contributed by atoms with E-state index in [9.17, 15) is 0 Å². The van der Waals surface area contributed by atoms with Gasteiger partial charge in [0.25, 0.3) is 0 Å². The standard InChI is InChI=1S/C12H12ClNO/c1-8-3-4-10(5-9(8)2)12-6-11(7-13)15-14-12/h3-6H,7H2,1-2H3. The number of rotatable bonds is 2. The second-order valence-electron chi connectivity index (χ2n) is 3.61. The molecule has 0 unspecified atom stereocenters. The van der Waals surface area contributed by atoms with Crippen molar-refractivity contribution in [3.63, 3.8) is 0 Å². The van der Waals surface area contributed by atoms with Crippen LogP contribution in [0, 0.1) is 13.8 Å². The highest BCUT2D eigenvalue weighted by molar-refractivity contribution is 6.16. The molecule has 0 N–H and O–H groups in total. The van der Waals surface area contributed by atoms with Gasteiger partial charge < -0.3 is 4.52 Å². The molecule has 1 aromatic heterocycles. The fraction of sp³-hybridized carbons (Fsp3) is 0.250. The van der Waals surface area contributed by atoms with Gasteiger partial charge in [0.15, 0.2) is 5.76 Å². The molecular weight excluding hydrogens is 210 g/mol. The lowest BCUT2D eigenvalue weighted by atomic mass is 10.0. The van der Waals surface area contributed by atoms with E-state index in [-0.39, 0.29) is 0 Å². The topological polar surface area (TPSA) is 26.0 Å². The fourth-order valence-electron chi connectivity index (χ4n) is 1.41. The predicted octanol–water partition coefficient (Wildman–Crippen LogP) is 3.70. The van der Waals surface area contributed by atoms with Crippen LogP contribution >= 0.6 is 11.6 Å². The van der Waals surface area contributed by atoms with Crippen LogP contribution < -0.4 is 0 Å². The first kappa shape index (κ1) is 10.2. The van der Waals surface area contributed by atoms with E-state index in [2.05, 4.69) is 31.1 Å². The molecule has 0 aliphatic rings. The number of alkyl halides is 1. The molecule has 0 bridgehead atoms. The van der Waals surface area contributed by atoms with Crippen molar-refractivity contribution in [1.82, 2.24) is 5.16 Å². The van der Waals surface area contributed by atoms with E-state index < -0.39 is 0 Å². The first-order valence-electron chi connectivity index (χ1n) is 4.80. The third-order valence-corrected chi connectivity index (χ3v) is 2.76. The molecular formula is C12H12ClNO. The largest absolute Gasteiger partial charge is 0.359 e. The zero-order valence-electron chi connectivity index (χ0n) is 8.75. The van der Waals surface area contributed by atoms with Gasteiger partial charge in [0.1, 0.15) is 5.69 Å². The molecule has 0 fully saturated rings. The number of benzene rings is 1. The van der Waals surface area contributed by atoms with Crippen molar-refractivity contribution in [2.24, 2.45) is 0 Å². The van der Waals surface area contributed by atoms with Crippen LogP contribution in [0.15, 0.2) is 28.8 Å². The molecule has 1 aromatic carbocycles. The first-order valence-corrected chi connectivity index (χ1v) is 5.33. The third-order valence-electron chi connectivity index (χ3n) is 2.49. The lowest BCUT2D eigenvalue weighted by Crippen LogP contribution is -1.83. The van der Waals surface area contributed by atoms with Gasteiger partial charge in [-0.1, -0.05) is 17.3 Å². The van der Waals surface area contributed by atoms with Gasteiger partial charge in [-0.15, -0.1) is 11.6 Å². The fourth-order valence-corrected chi connectivity index (χ4v) is 1.54. The van der Waals surface area contributed by atoms with Crippen molar-refractivity contribution < 1.29 is 4.52 Å². The molecule has 0 amide bonds. The highest BCUT2D eigenvalue weighted by Crippen LogP contribution is 2.22. The molecule has 0 spiro atoms. The van der Waals surface area contributed by atoms with Gasteiger partial charge in [0.05, 0.1) is 5.88 Å². The minimum absolute atomic E-state index is 0.359. The lowest BCUT2D eigenvalue weighted by molar-refractivity contribution is 0.396. The Kier molecular flexibility index (Phi) is 2.78. The van der Waals surface area contributed by atoms with Gasteiger partial charge in [0, 0.05) is 11.6 Å². The Balaban J connectivity index is 2.40. The van der Waals surface area contributed by atoms with E-state index in [1.807, 2.05) is 12.1 Å². The number of aryl methyl sites for hydroxylation is 2. The Hall–Kier alpha value is -1.28. The van der Waals surface area contributed by atoms with E-state index in [1.165, 1.54) is 11.1 Å². The van der Waals surface area contributed by atoms with Crippen molar-refractivity contribution >= 4 is 11.6 Å². The molecule has 0 saturated heterocycles. The zero-order chi connectivity index (χ0) is 10.8. The van der Waals surface area contributed by atoms with Crippen LogP contribution in [0.1, 0.15) is 16.9 Å². The molecule has 1 heterocycles. The summed E-state index contributed by atoms with van der Waals surface area (Å²) in [6.45, 7) is 4.17. The lowest BCUT2D eigenvalue weighted by Gasteiger charge is -2.01. The molecule has 0 radical (unpaired) electrons. The van der Waals surface area contributed by atoms with Crippen molar-refractivity contribution in [2.75, 3.05) is 0 Å². The van der Waals surface area contributed by atoms with Crippen molar-refractivity contribution in [2.45, 2.75) is 19.7 Å². The summed E-state index contributed by atoms with van der Waals surface area (Å²) in [6.07, 6.45) is 0. The van der Waals surface area contributed by atoms with Gasteiger partial charge in [-0.2, -0.15) is 0 Å². The Morgan fingerprint density at radius 3 is 2.60 bits per heavy atom. The summed E-state index contributed by atoms with van der Waals surface area (Å²) in [7, 11) is 0. The average molecular weight is 222 g/mol. The van der Waals surface area contributed by atoms with Crippen LogP contribution in [-0.2, 0) is 5.88 Å². The number of hydrogen-bond acceptors (Lipinski definition) is 2. The van der Waals surface area contributed by atoms with Gasteiger partial charge in [0.2, 0.25) is 0 Å². The maximum Gasteiger partial charge on any atom is 0.152 e. The highest BCUT2D eigenvalue weighted by Gasteiger charge is 2.06. The van der Waals surface area contributed by atoms with Gasteiger partial charge >= 0.3 is 0 Å². The first-order chi connectivity index (χ1) is 7.20. The van der Waals surface area contributed by atoms with Crippen LogP contribution in [0.3, 0.4) is 0 Å². The number of hydrogen-bond donors (Lipinski definition) is 0. The maximum atomic E-state index is 5.65. The molecule has 2 aromatic rings. The summed E-state index contributed by atoms with van der Waals surface area (Å²) in [4.78, 5) is 0. The van der Waals surface area contributed by atoms with Crippen LogP contribution in [0.5, 0.6) is 0 Å². The van der Waals surface area contributed by atoms with Gasteiger partial charge in [-0.25, -0.2) is 0 Å². The highest BCUT2D eigenvalue weighted by atomic mass is 35.5. The predicted molar refractivity (Wildman–Crippen MR) is 61.0 cm³/mol. The molecule has 78 valence electrons. The molecule has 0 aliphatic heterocycles. The van der Waals surface area contributed by atoms with Crippen LogP contribution in [-0.4, -0.2) is 5.16 Å². The van der Waals surface area contributed by atoms with Gasteiger partial charge in [-0.05, 0) is 31.0 Å². The minimum atomic E-state index is 0.359. The number of halogens is 1. The monoisotopic (exact) mass is 221 g/mol. The molecule has 2 rings (SSSR count). The van der Waals surface area contributed by atoms with Crippen LogP contribution in [0.2, 0.25) is 0 Å². The molecule has 2 nitrogen and oxygen atoms in total. The third kappa shape index (κ3) is 2.05. The van der Waals surface area contributed by atoms with E-state index in [0.717, 1.165) is 11.3 Å².